The molecule has 4 bridgehead atoms. The lowest BCUT2D eigenvalue weighted by Gasteiger charge is -2.55. The number of carbonyl (C=O) groups is 3. The molecule has 0 unspecified atom stereocenters. The largest absolute Gasteiger partial charge is 0.496 e. The second kappa shape index (κ2) is 7.86. The summed E-state index contributed by atoms with van der Waals surface area (Å²) in [6.45, 7) is -0.423. The lowest BCUT2D eigenvalue weighted by atomic mass is 9.49. The van der Waals surface area contributed by atoms with E-state index < -0.39 is 23.8 Å². The summed E-state index contributed by atoms with van der Waals surface area (Å²) in [7, 11) is 1.43. The van der Waals surface area contributed by atoms with Gasteiger partial charge < -0.3 is 9.47 Å². The van der Waals surface area contributed by atoms with E-state index in [-0.39, 0.29) is 11.5 Å². The number of methoxy groups -OCH3 is 1. The number of hydrazine groups is 1. The van der Waals surface area contributed by atoms with Crippen molar-refractivity contribution in [3.8, 4) is 5.75 Å². The molecule has 0 atom stereocenters. The highest BCUT2D eigenvalue weighted by Gasteiger charge is 2.55. The average molecular weight is 421 g/mol. The fourth-order valence-corrected chi connectivity index (χ4v) is 5.90. The smallest absolute Gasteiger partial charge is 0.312 e. The molecule has 1 aromatic carbocycles. The van der Waals surface area contributed by atoms with Gasteiger partial charge in [0.15, 0.2) is 6.61 Å². The molecular formula is C21H25ClN2O5. The third kappa shape index (κ3) is 4.06. The van der Waals surface area contributed by atoms with E-state index in [1.807, 2.05) is 0 Å². The molecule has 0 radical (unpaired) electrons. The molecule has 8 heteroatoms. The van der Waals surface area contributed by atoms with Gasteiger partial charge in [-0.3, -0.25) is 25.2 Å². The molecule has 29 heavy (non-hydrogen) atoms. The molecule has 7 nitrogen and oxygen atoms in total. The van der Waals surface area contributed by atoms with Crippen molar-refractivity contribution in [2.45, 2.75) is 38.5 Å². The van der Waals surface area contributed by atoms with Crippen LogP contribution < -0.4 is 15.6 Å². The topological polar surface area (TPSA) is 93.7 Å². The summed E-state index contributed by atoms with van der Waals surface area (Å²) in [4.78, 5) is 37.1. The van der Waals surface area contributed by atoms with Gasteiger partial charge >= 0.3 is 5.97 Å². The minimum atomic E-state index is -0.600. The Balaban J connectivity index is 1.28. The number of hydrogen-bond donors (Lipinski definition) is 2. The highest BCUT2D eigenvalue weighted by Crippen LogP contribution is 2.60. The van der Waals surface area contributed by atoms with Gasteiger partial charge in [-0.15, -0.1) is 0 Å². The first-order chi connectivity index (χ1) is 13.9. The number of esters is 1. The Kier molecular flexibility index (Phi) is 5.42. The predicted octanol–water partition coefficient (Wildman–Crippen LogP) is 2.87. The molecule has 156 valence electrons. The van der Waals surface area contributed by atoms with Crippen LogP contribution in [0.2, 0.25) is 5.02 Å². The second-order valence-corrected chi connectivity index (χ2v) is 9.06. The van der Waals surface area contributed by atoms with Crippen molar-refractivity contribution >= 4 is 29.4 Å². The number of benzene rings is 1. The molecular weight excluding hydrogens is 396 g/mol. The van der Waals surface area contributed by atoms with E-state index in [2.05, 4.69) is 10.9 Å². The van der Waals surface area contributed by atoms with Crippen molar-refractivity contribution in [3.05, 3.63) is 28.8 Å². The van der Waals surface area contributed by atoms with Crippen LogP contribution in [0, 0.1) is 23.2 Å². The van der Waals surface area contributed by atoms with Crippen LogP contribution in [0.1, 0.15) is 48.9 Å². The van der Waals surface area contributed by atoms with E-state index in [9.17, 15) is 14.4 Å². The minimum Gasteiger partial charge on any atom is -0.496 e. The zero-order chi connectivity index (χ0) is 20.6. The van der Waals surface area contributed by atoms with Gasteiger partial charge in [-0.25, -0.2) is 0 Å². The van der Waals surface area contributed by atoms with Crippen LogP contribution in [0.4, 0.5) is 0 Å². The number of ether oxygens (including phenoxy) is 2. The van der Waals surface area contributed by atoms with Gasteiger partial charge in [0.1, 0.15) is 5.75 Å². The Hall–Kier alpha value is -2.28. The molecule has 4 fully saturated rings. The van der Waals surface area contributed by atoms with E-state index in [1.54, 1.807) is 12.1 Å². The maximum Gasteiger partial charge on any atom is 0.312 e. The Morgan fingerprint density at radius 2 is 1.69 bits per heavy atom. The standard InChI is InChI=1S/C21H25ClN2O5/c1-28-17-3-2-15(22)7-16(17)19(26)24-23-18(25)11-29-20(27)21-8-12-4-13(9-21)6-14(5-12)10-21/h2-3,7,12-14H,4-6,8-11H2,1H3,(H,23,25)(H,24,26). The summed E-state index contributed by atoms with van der Waals surface area (Å²) in [5, 5.41) is 0.367. The summed E-state index contributed by atoms with van der Waals surface area (Å²) in [5.41, 5.74) is 4.33. The number of carbonyl (C=O) groups excluding carboxylic acids is 3. The molecule has 0 heterocycles. The molecule has 1 aromatic rings. The molecule has 0 saturated heterocycles. The van der Waals surface area contributed by atoms with Gasteiger partial charge in [0, 0.05) is 5.02 Å². The van der Waals surface area contributed by atoms with Crippen LogP contribution in [0.15, 0.2) is 18.2 Å². The SMILES string of the molecule is COc1ccc(Cl)cc1C(=O)NNC(=O)COC(=O)C12CC3CC(CC(C3)C1)C2. The molecule has 0 aliphatic heterocycles. The third-order valence-corrected chi connectivity index (χ3v) is 6.76. The zero-order valence-electron chi connectivity index (χ0n) is 16.3. The summed E-state index contributed by atoms with van der Waals surface area (Å²) in [6.07, 6.45) is 6.32. The van der Waals surface area contributed by atoms with Crippen molar-refractivity contribution in [2.75, 3.05) is 13.7 Å². The quantitative estimate of drug-likeness (QED) is 0.564. The summed E-state index contributed by atoms with van der Waals surface area (Å²) in [6, 6.07) is 4.60. The normalized spacial score (nSPS) is 29.2. The van der Waals surface area contributed by atoms with E-state index >= 15 is 0 Å². The molecule has 5 rings (SSSR count). The molecule has 4 saturated carbocycles. The first-order valence-corrected chi connectivity index (χ1v) is 10.4. The summed E-state index contributed by atoms with van der Waals surface area (Å²) in [5.74, 6) is 0.741. The Labute approximate surface area is 174 Å². The Bertz CT molecular complexity index is 805. The van der Waals surface area contributed by atoms with E-state index in [0.717, 1.165) is 19.3 Å². The van der Waals surface area contributed by atoms with E-state index in [0.29, 0.717) is 28.5 Å². The van der Waals surface area contributed by atoms with Gasteiger partial charge in [0.25, 0.3) is 11.8 Å². The predicted molar refractivity (Wildman–Crippen MR) is 105 cm³/mol. The molecule has 2 amide bonds. The second-order valence-electron chi connectivity index (χ2n) is 8.62. The van der Waals surface area contributed by atoms with Crippen molar-refractivity contribution in [1.82, 2.24) is 10.9 Å². The average Bonchev–Trinajstić information content (AvgIpc) is 2.69. The van der Waals surface area contributed by atoms with Crippen LogP contribution >= 0.6 is 11.6 Å². The van der Waals surface area contributed by atoms with Crippen LogP contribution in [0.3, 0.4) is 0 Å². The first-order valence-electron chi connectivity index (χ1n) is 9.98. The number of rotatable bonds is 5. The van der Waals surface area contributed by atoms with Crippen molar-refractivity contribution in [3.63, 3.8) is 0 Å². The molecule has 0 spiro atoms. The van der Waals surface area contributed by atoms with Gasteiger partial charge in [0.05, 0.1) is 18.1 Å². The molecule has 4 aliphatic rings. The van der Waals surface area contributed by atoms with Gasteiger partial charge in [-0.2, -0.15) is 0 Å². The molecule has 2 N–H and O–H groups in total. The molecule has 0 aromatic heterocycles. The van der Waals surface area contributed by atoms with E-state index in [4.69, 9.17) is 21.1 Å². The Morgan fingerprint density at radius 1 is 1.07 bits per heavy atom. The van der Waals surface area contributed by atoms with E-state index in [1.165, 1.54) is 32.4 Å². The van der Waals surface area contributed by atoms with Crippen LogP contribution in [-0.2, 0) is 14.3 Å². The van der Waals surface area contributed by atoms with Crippen molar-refractivity contribution in [2.24, 2.45) is 23.2 Å². The van der Waals surface area contributed by atoms with Crippen molar-refractivity contribution < 1.29 is 23.9 Å². The lowest BCUT2D eigenvalue weighted by molar-refractivity contribution is -0.173. The van der Waals surface area contributed by atoms with Crippen LogP contribution in [0.25, 0.3) is 0 Å². The van der Waals surface area contributed by atoms with Crippen LogP contribution in [-0.4, -0.2) is 31.5 Å². The van der Waals surface area contributed by atoms with Crippen LogP contribution in [0.5, 0.6) is 5.75 Å². The highest BCUT2D eigenvalue weighted by atomic mass is 35.5. The third-order valence-electron chi connectivity index (χ3n) is 6.53. The number of amides is 2. The summed E-state index contributed by atoms with van der Waals surface area (Å²) >= 11 is 5.91. The maximum absolute atomic E-state index is 12.8. The number of halogens is 1. The number of nitrogens with one attached hydrogen (secondary N) is 2. The maximum atomic E-state index is 12.8. The molecule has 4 aliphatic carbocycles. The van der Waals surface area contributed by atoms with Gasteiger partial charge in [-0.05, 0) is 74.5 Å². The lowest BCUT2D eigenvalue weighted by Crippen LogP contribution is -2.51. The number of hydrogen-bond acceptors (Lipinski definition) is 5. The highest BCUT2D eigenvalue weighted by molar-refractivity contribution is 6.31. The fourth-order valence-electron chi connectivity index (χ4n) is 5.73. The monoisotopic (exact) mass is 420 g/mol. The minimum absolute atomic E-state index is 0.186. The fraction of sp³-hybridized carbons (Fsp3) is 0.571. The Morgan fingerprint density at radius 3 is 2.28 bits per heavy atom. The van der Waals surface area contributed by atoms with Gasteiger partial charge in [0.2, 0.25) is 0 Å². The zero-order valence-corrected chi connectivity index (χ0v) is 17.1. The summed E-state index contributed by atoms with van der Waals surface area (Å²) < 4.78 is 10.5. The first kappa shape index (κ1) is 20.0. The van der Waals surface area contributed by atoms with Crippen molar-refractivity contribution in [1.29, 1.82) is 0 Å². The van der Waals surface area contributed by atoms with Gasteiger partial charge in [-0.1, -0.05) is 11.6 Å².